The van der Waals surface area contributed by atoms with Gasteiger partial charge in [-0.15, -0.1) is 0 Å². The number of nitrogens with two attached hydrogens (primary N) is 1. The van der Waals surface area contributed by atoms with E-state index in [2.05, 4.69) is 15.9 Å². The topological polar surface area (TPSA) is 66.5 Å². The third kappa shape index (κ3) is 1.92. The van der Waals surface area contributed by atoms with E-state index in [0.29, 0.717) is 5.56 Å². The van der Waals surface area contributed by atoms with Crippen LogP contribution in [0.2, 0.25) is 0 Å². The summed E-state index contributed by atoms with van der Waals surface area (Å²) in [6.45, 7) is 3.58. The highest BCUT2D eigenvalue weighted by atomic mass is 79.9. The van der Waals surface area contributed by atoms with Gasteiger partial charge in [-0.1, -0.05) is 15.9 Å². The molecule has 0 amide bonds. The first-order valence-corrected chi connectivity index (χ1v) is 5.13. The molecule has 0 fully saturated rings. The van der Waals surface area contributed by atoms with Gasteiger partial charge in [0.15, 0.2) is 0 Å². The van der Waals surface area contributed by atoms with Crippen LogP contribution in [0.1, 0.15) is 22.7 Å². The molecule has 1 aromatic carbocycles. The molecular weight excluding hydrogens is 246 g/mol. The summed E-state index contributed by atoms with van der Waals surface area (Å²) in [4.78, 5) is 0. The lowest BCUT2D eigenvalue weighted by atomic mass is 9.99. The SMILES string of the molecule is Cc1cc(O)c([C@@H](N)CO)c(C)c1Br. The Bertz CT molecular complexity index is 352. The average molecular weight is 260 g/mol. The molecule has 0 saturated heterocycles. The van der Waals surface area contributed by atoms with Crippen LogP contribution in [0.15, 0.2) is 10.5 Å². The zero-order valence-corrected chi connectivity index (χ0v) is 9.80. The van der Waals surface area contributed by atoms with Crippen molar-refractivity contribution in [2.75, 3.05) is 6.61 Å². The fraction of sp³-hybridized carbons (Fsp3) is 0.400. The second-order valence-corrected chi connectivity index (χ2v) is 4.15. The van der Waals surface area contributed by atoms with Crippen LogP contribution >= 0.6 is 15.9 Å². The van der Waals surface area contributed by atoms with Gasteiger partial charge in [0.1, 0.15) is 5.75 Å². The number of aromatic hydroxyl groups is 1. The van der Waals surface area contributed by atoms with Gasteiger partial charge in [-0.2, -0.15) is 0 Å². The van der Waals surface area contributed by atoms with Gasteiger partial charge >= 0.3 is 0 Å². The summed E-state index contributed by atoms with van der Waals surface area (Å²) >= 11 is 3.41. The summed E-state index contributed by atoms with van der Waals surface area (Å²) in [5, 5.41) is 18.6. The predicted molar refractivity (Wildman–Crippen MR) is 59.3 cm³/mol. The van der Waals surface area contributed by atoms with E-state index in [0.717, 1.165) is 15.6 Å². The van der Waals surface area contributed by atoms with Crippen LogP contribution in [0.4, 0.5) is 0 Å². The first-order chi connectivity index (χ1) is 6.49. The molecule has 0 bridgehead atoms. The number of halogens is 1. The lowest BCUT2D eigenvalue weighted by Gasteiger charge is -2.16. The van der Waals surface area contributed by atoms with Crippen LogP contribution in [-0.4, -0.2) is 16.8 Å². The third-order valence-corrected chi connectivity index (χ3v) is 3.50. The van der Waals surface area contributed by atoms with Crippen LogP contribution < -0.4 is 5.73 Å². The maximum absolute atomic E-state index is 9.69. The van der Waals surface area contributed by atoms with E-state index < -0.39 is 6.04 Å². The van der Waals surface area contributed by atoms with Gasteiger partial charge in [-0.05, 0) is 31.0 Å². The first-order valence-electron chi connectivity index (χ1n) is 4.34. The molecule has 0 saturated carbocycles. The van der Waals surface area contributed by atoms with Crippen molar-refractivity contribution < 1.29 is 10.2 Å². The highest BCUT2D eigenvalue weighted by Gasteiger charge is 2.16. The Balaban J connectivity index is 3.36. The predicted octanol–water partition coefficient (Wildman–Crippen LogP) is 1.76. The standard InChI is InChI=1S/C10H14BrNO2/c1-5-3-8(14)9(7(12)4-13)6(2)10(5)11/h3,7,13-14H,4,12H2,1-2H3/t7-/m0/s1. The van der Waals surface area contributed by atoms with Crippen LogP contribution in [0, 0.1) is 13.8 Å². The van der Waals surface area contributed by atoms with Crippen molar-refractivity contribution >= 4 is 15.9 Å². The molecule has 1 atom stereocenters. The minimum atomic E-state index is -0.535. The molecule has 14 heavy (non-hydrogen) atoms. The summed E-state index contributed by atoms with van der Waals surface area (Å²) in [5.41, 5.74) is 8.12. The van der Waals surface area contributed by atoms with Crippen molar-refractivity contribution in [2.45, 2.75) is 19.9 Å². The van der Waals surface area contributed by atoms with Crippen LogP contribution in [0.25, 0.3) is 0 Å². The fourth-order valence-corrected chi connectivity index (χ4v) is 1.84. The Morgan fingerprint density at radius 3 is 2.57 bits per heavy atom. The molecule has 4 heteroatoms. The van der Waals surface area contributed by atoms with E-state index in [9.17, 15) is 5.11 Å². The zero-order chi connectivity index (χ0) is 10.9. The molecule has 0 unspecified atom stereocenters. The molecule has 1 aromatic rings. The van der Waals surface area contributed by atoms with Crippen molar-refractivity contribution in [3.63, 3.8) is 0 Å². The molecule has 0 heterocycles. The lowest BCUT2D eigenvalue weighted by Crippen LogP contribution is -2.16. The monoisotopic (exact) mass is 259 g/mol. The number of phenols is 1. The van der Waals surface area contributed by atoms with Crippen LogP contribution in [0.3, 0.4) is 0 Å². The molecule has 4 N–H and O–H groups in total. The Morgan fingerprint density at radius 2 is 2.07 bits per heavy atom. The van der Waals surface area contributed by atoms with Crippen molar-refractivity contribution in [2.24, 2.45) is 5.73 Å². The highest BCUT2D eigenvalue weighted by Crippen LogP contribution is 2.34. The largest absolute Gasteiger partial charge is 0.508 e. The fourth-order valence-electron chi connectivity index (χ4n) is 1.51. The minimum absolute atomic E-state index is 0.143. The highest BCUT2D eigenvalue weighted by molar-refractivity contribution is 9.10. The quantitative estimate of drug-likeness (QED) is 0.759. The molecule has 0 aliphatic rings. The van der Waals surface area contributed by atoms with Crippen molar-refractivity contribution in [1.82, 2.24) is 0 Å². The molecule has 3 nitrogen and oxygen atoms in total. The Labute approximate surface area is 91.7 Å². The van der Waals surface area contributed by atoms with Gasteiger partial charge in [-0.25, -0.2) is 0 Å². The number of rotatable bonds is 2. The summed E-state index contributed by atoms with van der Waals surface area (Å²) < 4.78 is 0.925. The second-order valence-electron chi connectivity index (χ2n) is 3.35. The summed E-state index contributed by atoms with van der Waals surface area (Å²) in [7, 11) is 0. The molecular formula is C10H14BrNO2. The number of hydrogen-bond acceptors (Lipinski definition) is 3. The smallest absolute Gasteiger partial charge is 0.121 e. The number of aliphatic hydroxyl groups is 1. The average Bonchev–Trinajstić information content (AvgIpc) is 2.14. The zero-order valence-electron chi connectivity index (χ0n) is 8.21. The Morgan fingerprint density at radius 1 is 1.50 bits per heavy atom. The van der Waals surface area contributed by atoms with E-state index >= 15 is 0 Å². The number of aryl methyl sites for hydroxylation is 1. The van der Waals surface area contributed by atoms with Crippen molar-refractivity contribution in [3.8, 4) is 5.75 Å². The summed E-state index contributed by atoms with van der Waals surface area (Å²) in [5.74, 6) is 0.143. The molecule has 0 spiro atoms. The molecule has 0 radical (unpaired) electrons. The lowest BCUT2D eigenvalue weighted by molar-refractivity contribution is 0.265. The number of benzene rings is 1. The van der Waals surface area contributed by atoms with E-state index in [1.165, 1.54) is 0 Å². The van der Waals surface area contributed by atoms with Gasteiger partial charge in [0.25, 0.3) is 0 Å². The van der Waals surface area contributed by atoms with E-state index in [1.807, 2.05) is 13.8 Å². The molecule has 0 aromatic heterocycles. The summed E-state index contributed by atoms with van der Waals surface area (Å²) in [6.07, 6.45) is 0. The third-order valence-electron chi connectivity index (χ3n) is 2.28. The van der Waals surface area contributed by atoms with Gasteiger partial charge in [0.2, 0.25) is 0 Å². The second kappa shape index (κ2) is 4.29. The molecule has 0 aliphatic heterocycles. The maximum atomic E-state index is 9.69. The van der Waals surface area contributed by atoms with E-state index in [1.54, 1.807) is 6.07 Å². The number of aliphatic hydroxyl groups excluding tert-OH is 1. The molecule has 78 valence electrons. The summed E-state index contributed by atoms with van der Waals surface area (Å²) in [6, 6.07) is 1.11. The normalized spacial score (nSPS) is 12.9. The van der Waals surface area contributed by atoms with Crippen LogP contribution in [0.5, 0.6) is 5.75 Å². The van der Waals surface area contributed by atoms with Crippen molar-refractivity contribution in [1.29, 1.82) is 0 Å². The van der Waals surface area contributed by atoms with Crippen molar-refractivity contribution in [3.05, 3.63) is 27.2 Å². The maximum Gasteiger partial charge on any atom is 0.121 e. The van der Waals surface area contributed by atoms with E-state index in [4.69, 9.17) is 10.8 Å². The molecule has 0 aliphatic carbocycles. The Hall–Kier alpha value is -0.580. The number of phenolic OH excluding ortho intramolecular Hbond substituents is 1. The van der Waals surface area contributed by atoms with Gasteiger partial charge < -0.3 is 15.9 Å². The number of hydrogen-bond donors (Lipinski definition) is 3. The van der Waals surface area contributed by atoms with Gasteiger partial charge in [0, 0.05) is 10.0 Å². The molecule has 1 rings (SSSR count). The van der Waals surface area contributed by atoms with Gasteiger partial charge in [0.05, 0.1) is 12.6 Å². The van der Waals surface area contributed by atoms with Crippen LogP contribution in [-0.2, 0) is 0 Å². The Kier molecular flexibility index (Phi) is 3.53. The minimum Gasteiger partial charge on any atom is -0.508 e. The first kappa shape index (κ1) is 11.5. The van der Waals surface area contributed by atoms with E-state index in [-0.39, 0.29) is 12.4 Å². The van der Waals surface area contributed by atoms with Gasteiger partial charge in [-0.3, -0.25) is 0 Å².